The molecule has 0 saturated heterocycles. The van der Waals surface area contributed by atoms with Crippen LogP contribution in [0.15, 0.2) is 0 Å². The van der Waals surface area contributed by atoms with Crippen LogP contribution in [0.3, 0.4) is 0 Å². The highest BCUT2D eigenvalue weighted by molar-refractivity contribution is 5.67. The smallest absolute Gasteiger partial charge is 0.305 e. The molecule has 0 aromatic rings. The predicted molar refractivity (Wildman–Crippen MR) is 71.4 cm³/mol. The monoisotopic (exact) mass is 260 g/mol. The Balaban J connectivity index is 3.69. The summed E-state index contributed by atoms with van der Waals surface area (Å²) >= 11 is 0. The zero-order valence-electron chi connectivity index (χ0n) is 11.8. The number of hydrogen-bond acceptors (Lipinski definition) is 3. The molecule has 0 heterocycles. The molecule has 0 rings (SSSR count). The number of aliphatic hydroxyl groups excluding tert-OH is 2. The Morgan fingerprint density at radius 1 is 0.944 bits per heavy atom. The van der Waals surface area contributed by atoms with Gasteiger partial charge in [-0.2, -0.15) is 0 Å². The van der Waals surface area contributed by atoms with Crippen molar-refractivity contribution in [1.82, 2.24) is 0 Å². The lowest BCUT2D eigenvalue weighted by Crippen LogP contribution is -2.15. The summed E-state index contributed by atoms with van der Waals surface area (Å²) in [6, 6.07) is 0. The molecule has 0 fully saturated rings. The second kappa shape index (κ2) is 9.34. The van der Waals surface area contributed by atoms with Crippen molar-refractivity contribution in [3.63, 3.8) is 0 Å². The molecule has 108 valence electrons. The van der Waals surface area contributed by atoms with Crippen LogP contribution in [0.2, 0.25) is 0 Å². The van der Waals surface area contributed by atoms with Crippen LogP contribution in [0.25, 0.3) is 0 Å². The summed E-state index contributed by atoms with van der Waals surface area (Å²) in [6.45, 7) is 6.11. The number of carboxylic acids is 1. The van der Waals surface area contributed by atoms with E-state index < -0.39 is 12.1 Å². The van der Waals surface area contributed by atoms with Crippen LogP contribution in [0.4, 0.5) is 0 Å². The molecule has 0 radical (unpaired) electrons. The van der Waals surface area contributed by atoms with Crippen LogP contribution in [-0.2, 0) is 4.79 Å². The van der Waals surface area contributed by atoms with E-state index in [-0.39, 0.29) is 12.5 Å². The minimum Gasteiger partial charge on any atom is -0.481 e. The molecule has 0 saturated carbocycles. The molecule has 0 aliphatic rings. The second-order valence-electron chi connectivity index (χ2n) is 5.70. The fourth-order valence-corrected chi connectivity index (χ4v) is 2.23. The van der Waals surface area contributed by atoms with Crippen molar-refractivity contribution in [3.05, 3.63) is 0 Å². The van der Waals surface area contributed by atoms with Crippen LogP contribution in [0, 0.1) is 11.8 Å². The Morgan fingerprint density at radius 3 is 1.89 bits per heavy atom. The number of aliphatic carboxylic acids is 1. The topological polar surface area (TPSA) is 77.8 Å². The predicted octanol–water partition coefficient (Wildman–Crippen LogP) is 2.43. The fourth-order valence-electron chi connectivity index (χ4n) is 2.23. The molecule has 18 heavy (non-hydrogen) atoms. The average molecular weight is 260 g/mol. The van der Waals surface area contributed by atoms with Crippen molar-refractivity contribution in [3.8, 4) is 0 Å². The third-order valence-electron chi connectivity index (χ3n) is 3.28. The largest absolute Gasteiger partial charge is 0.481 e. The second-order valence-corrected chi connectivity index (χ2v) is 5.70. The molecule has 4 heteroatoms. The standard InChI is InChI=1S/C14H28O4/c1-10(4-6-12(3)15)8-11(2)5-7-13(16)9-14(17)18/h10-13,15-16H,4-9H2,1-3H3,(H,17,18). The number of rotatable bonds is 10. The first-order valence-electron chi connectivity index (χ1n) is 6.89. The molecule has 0 aliphatic heterocycles. The van der Waals surface area contributed by atoms with Crippen LogP contribution in [0.5, 0.6) is 0 Å². The summed E-state index contributed by atoms with van der Waals surface area (Å²) in [7, 11) is 0. The van der Waals surface area contributed by atoms with Crippen LogP contribution in [0.1, 0.15) is 59.3 Å². The summed E-state index contributed by atoms with van der Waals surface area (Å²) in [5.74, 6) is 0.101. The van der Waals surface area contributed by atoms with Crippen LogP contribution >= 0.6 is 0 Å². The average Bonchev–Trinajstić information content (AvgIpc) is 2.22. The minimum atomic E-state index is -0.944. The molecule has 4 nitrogen and oxygen atoms in total. The number of carboxylic acid groups (broad SMARTS) is 1. The first-order valence-corrected chi connectivity index (χ1v) is 6.89. The summed E-state index contributed by atoms with van der Waals surface area (Å²) in [5, 5.41) is 27.2. The zero-order chi connectivity index (χ0) is 14.1. The fraction of sp³-hybridized carbons (Fsp3) is 0.929. The molecule has 0 aromatic carbocycles. The Hall–Kier alpha value is -0.610. The molecule has 0 amide bonds. The van der Waals surface area contributed by atoms with Gasteiger partial charge in [-0.25, -0.2) is 0 Å². The summed E-state index contributed by atoms with van der Waals surface area (Å²) in [4.78, 5) is 10.4. The third kappa shape index (κ3) is 10.5. The van der Waals surface area contributed by atoms with Gasteiger partial charge < -0.3 is 15.3 Å². The highest BCUT2D eigenvalue weighted by atomic mass is 16.4. The molecule has 3 N–H and O–H groups in total. The van der Waals surface area contributed by atoms with E-state index >= 15 is 0 Å². The van der Waals surface area contributed by atoms with Gasteiger partial charge in [0.2, 0.25) is 0 Å². The summed E-state index contributed by atoms with van der Waals surface area (Å²) in [6.07, 6.45) is 3.19. The van der Waals surface area contributed by atoms with Gasteiger partial charge in [0.05, 0.1) is 18.6 Å². The number of hydrogen-bond donors (Lipinski definition) is 3. The molecule has 0 aromatic heterocycles. The SMILES string of the molecule is CC(O)CCC(C)CC(C)CCC(O)CC(=O)O. The lowest BCUT2D eigenvalue weighted by Gasteiger charge is -2.18. The van der Waals surface area contributed by atoms with Gasteiger partial charge in [-0.3, -0.25) is 4.79 Å². The van der Waals surface area contributed by atoms with E-state index in [9.17, 15) is 15.0 Å². The Labute approximate surface area is 110 Å². The van der Waals surface area contributed by atoms with E-state index in [1.54, 1.807) is 6.92 Å². The van der Waals surface area contributed by atoms with E-state index in [0.717, 1.165) is 25.7 Å². The van der Waals surface area contributed by atoms with E-state index in [2.05, 4.69) is 13.8 Å². The molecular formula is C14H28O4. The van der Waals surface area contributed by atoms with Gasteiger partial charge in [-0.1, -0.05) is 13.8 Å². The maximum absolute atomic E-state index is 10.4. The molecule has 0 spiro atoms. The lowest BCUT2D eigenvalue weighted by atomic mass is 9.89. The van der Waals surface area contributed by atoms with Crippen molar-refractivity contribution >= 4 is 5.97 Å². The van der Waals surface area contributed by atoms with Gasteiger partial charge in [0, 0.05) is 0 Å². The van der Waals surface area contributed by atoms with E-state index in [1.165, 1.54) is 0 Å². The molecule has 4 atom stereocenters. The van der Waals surface area contributed by atoms with Gasteiger partial charge in [-0.15, -0.1) is 0 Å². The first kappa shape index (κ1) is 17.4. The van der Waals surface area contributed by atoms with Gasteiger partial charge in [0.15, 0.2) is 0 Å². The van der Waals surface area contributed by atoms with Crippen LogP contribution in [-0.4, -0.2) is 33.5 Å². The van der Waals surface area contributed by atoms with Crippen molar-refractivity contribution in [2.75, 3.05) is 0 Å². The maximum atomic E-state index is 10.4. The molecule has 4 unspecified atom stereocenters. The van der Waals surface area contributed by atoms with Crippen LogP contribution < -0.4 is 0 Å². The van der Waals surface area contributed by atoms with Crippen molar-refractivity contribution in [1.29, 1.82) is 0 Å². The lowest BCUT2D eigenvalue weighted by molar-refractivity contribution is -0.139. The molecule has 0 aliphatic carbocycles. The van der Waals surface area contributed by atoms with Crippen molar-refractivity contribution in [2.45, 2.75) is 71.5 Å². The highest BCUT2D eigenvalue weighted by Crippen LogP contribution is 2.22. The van der Waals surface area contributed by atoms with E-state index in [1.807, 2.05) is 0 Å². The Bertz CT molecular complexity index is 228. The van der Waals surface area contributed by atoms with Gasteiger partial charge >= 0.3 is 5.97 Å². The molecular weight excluding hydrogens is 232 g/mol. The third-order valence-corrected chi connectivity index (χ3v) is 3.28. The van der Waals surface area contributed by atoms with Crippen molar-refractivity contribution < 1.29 is 20.1 Å². The maximum Gasteiger partial charge on any atom is 0.305 e. The summed E-state index contributed by atoms with van der Waals surface area (Å²) < 4.78 is 0. The highest BCUT2D eigenvalue weighted by Gasteiger charge is 2.14. The number of carbonyl (C=O) groups is 1. The number of aliphatic hydroxyl groups is 2. The minimum absolute atomic E-state index is 0.162. The summed E-state index contributed by atoms with van der Waals surface area (Å²) in [5.41, 5.74) is 0. The molecule has 0 bridgehead atoms. The Kier molecular flexibility index (Phi) is 9.02. The van der Waals surface area contributed by atoms with E-state index in [0.29, 0.717) is 18.3 Å². The van der Waals surface area contributed by atoms with Gasteiger partial charge in [0.1, 0.15) is 0 Å². The van der Waals surface area contributed by atoms with E-state index in [4.69, 9.17) is 5.11 Å². The Morgan fingerprint density at radius 2 is 1.44 bits per heavy atom. The quantitative estimate of drug-likeness (QED) is 0.563. The van der Waals surface area contributed by atoms with Gasteiger partial charge in [-0.05, 0) is 50.9 Å². The van der Waals surface area contributed by atoms with Crippen molar-refractivity contribution in [2.24, 2.45) is 11.8 Å². The normalized spacial score (nSPS) is 18.1. The zero-order valence-corrected chi connectivity index (χ0v) is 11.8. The van der Waals surface area contributed by atoms with Gasteiger partial charge in [0.25, 0.3) is 0 Å². The first-order chi connectivity index (χ1) is 8.31.